The van der Waals surface area contributed by atoms with Gasteiger partial charge in [-0.15, -0.1) is 0 Å². The van der Waals surface area contributed by atoms with Crippen LogP contribution in [0.1, 0.15) is 26.7 Å². The molecule has 0 saturated carbocycles. The summed E-state index contributed by atoms with van der Waals surface area (Å²) in [5, 5.41) is 0. The Hall–Kier alpha value is -1.13. The number of ketones is 1. The molecule has 0 aliphatic heterocycles. The van der Waals surface area contributed by atoms with Crippen LogP contribution in [0.5, 0.6) is 0 Å². The quantitative estimate of drug-likeness (QED) is 0.161. The van der Waals surface area contributed by atoms with Crippen molar-refractivity contribution in [1.82, 2.24) is 0 Å². The molecule has 0 saturated heterocycles. The molecule has 0 spiro atoms. The number of carbonyl (C=O) groups is 2. The van der Waals surface area contributed by atoms with E-state index in [1.165, 1.54) is 0 Å². The van der Waals surface area contributed by atoms with E-state index in [9.17, 15) is 9.59 Å². The first-order valence-electron chi connectivity index (χ1n) is 5.17. The van der Waals surface area contributed by atoms with Gasteiger partial charge in [-0.3, -0.25) is 4.79 Å². The fourth-order valence-electron chi connectivity index (χ4n) is 1.01. The molecule has 90 valence electrons. The Balaban J connectivity index is 4.13. The van der Waals surface area contributed by atoms with Gasteiger partial charge in [-0.25, -0.2) is 4.79 Å². The predicted molar refractivity (Wildman–Crippen MR) is 62.5 cm³/mol. The number of ether oxygens (including phenoxy) is 1. The molecule has 0 atom stereocenters. The van der Waals surface area contributed by atoms with Crippen molar-refractivity contribution in [3.63, 3.8) is 0 Å². The van der Waals surface area contributed by atoms with Crippen molar-refractivity contribution in [1.29, 1.82) is 0 Å². The number of thioether (sulfide) groups is 1. The van der Waals surface area contributed by atoms with Crippen LogP contribution in [-0.2, 0) is 14.3 Å². The van der Waals surface area contributed by atoms with Crippen LogP contribution >= 0.6 is 11.8 Å². The highest BCUT2D eigenvalue weighted by Crippen LogP contribution is 2.04. The molecule has 0 fully saturated rings. The fourth-order valence-corrected chi connectivity index (χ4v) is 1.64. The molecule has 0 aromatic heterocycles. The zero-order chi connectivity index (χ0) is 12.4. The van der Waals surface area contributed by atoms with E-state index >= 15 is 0 Å². The van der Waals surface area contributed by atoms with E-state index in [1.807, 2.05) is 6.92 Å². The zero-order valence-corrected chi connectivity index (χ0v) is 10.4. The number of Topliss-reactive ketones (excluding diaryl/α,β-unsaturated/α-hetero) is 1. The summed E-state index contributed by atoms with van der Waals surface area (Å²) in [6.45, 7) is 3.80. The number of esters is 1. The number of rotatable bonds is 8. The summed E-state index contributed by atoms with van der Waals surface area (Å²) >= 11 is 1.72. The Kier molecular flexibility index (Phi) is 8.48. The zero-order valence-electron chi connectivity index (χ0n) is 9.56. The molecule has 16 heavy (non-hydrogen) atoms. The molecule has 0 aromatic carbocycles. The van der Waals surface area contributed by atoms with Crippen LogP contribution in [0.15, 0.2) is 0 Å². The Bertz CT molecular complexity index is 298. The summed E-state index contributed by atoms with van der Waals surface area (Å²) in [4.78, 5) is 25.3. The third-order valence-electron chi connectivity index (χ3n) is 1.73. The summed E-state index contributed by atoms with van der Waals surface area (Å²) in [6, 6.07) is 0. The third-order valence-corrected chi connectivity index (χ3v) is 2.72. The van der Waals surface area contributed by atoms with Crippen molar-refractivity contribution in [2.45, 2.75) is 26.7 Å². The molecule has 0 rings (SSSR count). The van der Waals surface area contributed by atoms with E-state index in [2.05, 4.69) is 9.53 Å². The van der Waals surface area contributed by atoms with Crippen molar-refractivity contribution in [2.75, 3.05) is 18.1 Å². The first kappa shape index (κ1) is 14.9. The van der Waals surface area contributed by atoms with Crippen molar-refractivity contribution < 1.29 is 19.1 Å². The molecule has 0 aliphatic carbocycles. The lowest BCUT2D eigenvalue weighted by atomic mass is 10.1. The molecule has 0 aromatic rings. The van der Waals surface area contributed by atoms with E-state index in [4.69, 9.17) is 5.53 Å². The van der Waals surface area contributed by atoms with E-state index in [-0.39, 0.29) is 13.0 Å². The maximum atomic E-state index is 11.5. The summed E-state index contributed by atoms with van der Waals surface area (Å²) in [6.07, 6.45) is 0.862. The maximum absolute atomic E-state index is 11.5. The van der Waals surface area contributed by atoms with Gasteiger partial charge in [0.05, 0.1) is 6.61 Å². The van der Waals surface area contributed by atoms with E-state index in [0.29, 0.717) is 6.42 Å². The number of hydrogen-bond acceptors (Lipinski definition) is 4. The molecular weight excluding hydrogens is 228 g/mol. The molecule has 0 radical (unpaired) electrons. The van der Waals surface area contributed by atoms with Gasteiger partial charge in [-0.1, -0.05) is 6.92 Å². The minimum absolute atomic E-state index is 0.150. The van der Waals surface area contributed by atoms with Crippen LogP contribution in [0, 0.1) is 0 Å². The van der Waals surface area contributed by atoms with E-state index in [0.717, 1.165) is 11.5 Å². The SMILES string of the molecule is CCOC(=O)C(=[N+]=[N-])C(=O)CCCSCC. The van der Waals surface area contributed by atoms with Crippen molar-refractivity contribution in [3.8, 4) is 0 Å². The Morgan fingerprint density at radius 3 is 2.56 bits per heavy atom. The van der Waals surface area contributed by atoms with E-state index in [1.54, 1.807) is 18.7 Å². The third kappa shape index (κ3) is 5.68. The molecule has 0 N–H and O–H groups in total. The molecule has 6 heteroatoms. The largest absolute Gasteiger partial charge is 0.457 e. The second kappa shape index (κ2) is 9.12. The molecule has 5 nitrogen and oxygen atoms in total. The summed E-state index contributed by atoms with van der Waals surface area (Å²) in [7, 11) is 0. The summed E-state index contributed by atoms with van der Waals surface area (Å²) < 4.78 is 4.59. The van der Waals surface area contributed by atoms with Gasteiger partial charge in [0.2, 0.25) is 0 Å². The first-order valence-corrected chi connectivity index (χ1v) is 6.32. The van der Waals surface area contributed by atoms with Crippen LogP contribution in [0.25, 0.3) is 5.53 Å². The minimum atomic E-state index is -0.863. The highest BCUT2D eigenvalue weighted by molar-refractivity contribution is 7.99. The van der Waals surface area contributed by atoms with Gasteiger partial charge in [0, 0.05) is 6.42 Å². The fraction of sp³-hybridized carbons (Fsp3) is 0.700. The van der Waals surface area contributed by atoms with Gasteiger partial charge in [0.25, 0.3) is 5.78 Å². The van der Waals surface area contributed by atoms with Gasteiger partial charge in [0.15, 0.2) is 0 Å². The highest BCUT2D eigenvalue weighted by atomic mass is 32.2. The van der Waals surface area contributed by atoms with Crippen LogP contribution in [-0.4, -0.2) is 40.4 Å². The van der Waals surface area contributed by atoms with E-state index < -0.39 is 17.5 Å². The smallest absolute Gasteiger partial charge is 0.441 e. The van der Waals surface area contributed by atoms with Gasteiger partial charge in [0.1, 0.15) is 0 Å². The molecule has 0 aliphatic rings. The van der Waals surface area contributed by atoms with Crippen molar-refractivity contribution in [2.24, 2.45) is 0 Å². The lowest BCUT2D eigenvalue weighted by Gasteiger charge is -1.98. The highest BCUT2D eigenvalue weighted by Gasteiger charge is 2.29. The molecule has 0 unspecified atom stereocenters. The second-order valence-electron chi connectivity index (χ2n) is 2.89. The van der Waals surface area contributed by atoms with Gasteiger partial charge >= 0.3 is 11.7 Å². The molecule has 0 bridgehead atoms. The maximum Gasteiger partial charge on any atom is 0.441 e. The summed E-state index contributed by atoms with van der Waals surface area (Å²) in [5.74, 6) is 0.507. The van der Waals surface area contributed by atoms with Crippen LogP contribution < -0.4 is 0 Å². The predicted octanol–water partition coefficient (Wildman–Crippen LogP) is 1.32. The topological polar surface area (TPSA) is 79.8 Å². The van der Waals surface area contributed by atoms with Crippen LogP contribution in [0.4, 0.5) is 0 Å². The Morgan fingerprint density at radius 1 is 1.38 bits per heavy atom. The average Bonchev–Trinajstić information content (AvgIpc) is 2.26. The second-order valence-corrected chi connectivity index (χ2v) is 4.29. The van der Waals surface area contributed by atoms with Gasteiger partial charge < -0.3 is 10.3 Å². The standard InChI is InChI=1S/C10H16N2O3S/c1-3-15-10(14)9(12-11)8(13)6-5-7-16-4-2/h3-7H2,1-2H3. The minimum Gasteiger partial charge on any atom is -0.457 e. The number of carbonyl (C=O) groups excluding carboxylic acids is 2. The number of nitrogens with zero attached hydrogens (tertiary/aromatic N) is 2. The van der Waals surface area contributed by atoms with Crippen LogP contribution in [0.3, 0.4) is 0 Å². The van der Waals surface area contributed by atoms with Gasteiger partial charge in [-0.2, -0.15) is 16.6 Å². The monoisotopic (exact) mass is 244 g/mol. The molecule has 0 amide bonds. The summed E-state index contributed by atoms with van der Waals surface area (Å²) in [5.41, 5.74) is 8.05. The Morgan fingerprint density at radius 2 is 2.06 bits per heavy atom. The normalized spacial score (nSPS) is 9.38. The van der Waals surface area contributed by atoms with Crippen molar-refractivity contribution >= 4 is 29.2 Å². The lowest BCUT2D eigenvalue weighted by molar-refractivity contribution is -0.141. The molecular formula is C10H16N2O3S. The lowest BCUT2D eigenvalue weighted by Crippen LogP contribution is -2.27. The van der Waals surface area contributed by atoms with Gasteiger partial charge in [-0.05, 0) is 24.9 Å². The van der Waals surface area contributed by atoms with Crippen molar-refractivity contribution in [3.05, 3.63) is 5.53 Å². The Labute approximate surface area is 99.2 Å². The average molecular weight is 244 g/mol. The molecule has 0 heterocycles. The number of hydrogen-bond donors (Lipinski definition) is 0. The first-order chi connectivity index (χ1) is 7.67. The van der Waals surface area contributed by atoms with Crippen LogP contribution in [0.2, 0.25) is 0 Å².